The molecule has 1 amide bonds. The van der Waals surface area contributed by atoms with Crippen LogP contribution in [-0.4, -0.2) is 40.7 Å². The Kier molecular flexibility index (Phi) is 7.09. The normalized spacial score (nSPS) is 10.6. The number of carbonyl (C=O) groups is 2. The Morgan fingerprint density at radius 1 is 1.30 bits per heavy atom. The number of rotatable bonds is 7. The van der Waals surface area contributed by atoms with Crippen LogP contribution in [0.4, 0.5) is 0 Å². The Morgan fingerprint density at radius 3 is 2.40 bits per heavy atom. The molecule has 6 heteroatoms. The molecule has 0 aliphatic heterocycles. The fourth-order valence-electron chi connectivity index (χ4n) is 1.63. The highest BCUT2D eigenvalue weighted by Gasteiger charge is 2.17. The van der Waals surface area contributed by atoms with Crippen molar-refractivity contribution in [2.24, 2.45) is 5.92 Å². The lowest BCUT2D eigenvalue weighted by Gasteiger charge is -2.22. The number of amides is 1. The fraction of sp³-hybridized carbons (Fsp3) is 0.429. The van der Waals surface area contributed by atoms with Crippen molar-refractivity contribution in [1.82, 2.24) is 4.90 Å². The van der Waals surface area contributed by atoms with Gasteiger partial charge < -0.3 is 10.0 Å². The number of carbonyl (C=O) groups excluding carboxylic acids is 1. The van der Waals surface area contributed by atoms with Gasteiger partial charge in [0.15, 0.2) is 0 Å². The largest absolute Gasteiger partial charge is 0.480 e. The van der Waals surface area contributed by atoms with Gasteiger partial charge in [0.05, 0.1) is 5.75 Å². The van der Waals surface area contributed by atoms with Gasteiger partial charge in [0.2, 0.25) is 5.91 Å². The summed E-state index contributed by atoms with van der Waals surface area (Å²) in [5.74, 6) is -0.626. The van der Waals surface area contributed by atoms with Crippen LogP contribution in [0.1, 0.15) is 13.8 Å². The van der Waals surface area contributed by atoms with E-state index in [1.165, 1.54) is 16.7 Å². The van der Waals surface area contributed by atoms with Crippen molar-refractivity contribution in [2.75, 3.05) is 18.8 Å². The number of carboxylic acids is 1. The highest BCUT2D eigenvalue weighted by Crippen LogP contribution is 2.21. The molecule has 0 bridgehead atoms. The molecule has 1 N–H and O–H groups in total. The van der Waals surface area contributed by atoms with Crippen LogP contribution in [0.2, 0.25) is 0 Å². The van der Waals surface area contributed by atoms with Crippen molar-refractivity contribution in [1.29, 1.82) is 0 Å². The number of carboxylic acid groups (broad SMARTS) is 1. The standard InChI is InChI=1S/C14H18BrNO3S/c1-10(2)7-16(8-14(18)19)13(17)9-20-12-5-3-11(15)4-6-12/h3-6,10H,7-9H2,1-2H3,(H,18,19). The van der Waals surface area contributed by atoms with Gasteiger partial charge in [0, 0.05) is 15.9 Å². The zero-order chi connectivity index (χ0) is 15.1. The van der Waals surface area contributed by atoms with Crippen LogP contribution >= 0.6 is 27.7 Å². The van der Waals surface area contributed by atoms with Crippen LogP contribution in [0.25, 0.3) is 0 Å². The maximum absolute atomic E-state index is 12.1. The van der Waals surface area contributed by atoms with Crippen LogP contribution in [0.5, 0.6) is 0 Å². The summed E-state index contributed by atoms with van der Waals surface area (Å²) in [5, 5.41) is 8.86. The fourth-order valence-corrected chi connectivity index (χ4v) is 2.69. The van der Waals surface area contributed by atoms with Crippen LogP contribution in [0.3, 0.4) is 0 Å². The molecule has 0 aliphatic rings. The Balaban J connectivity index is 2.56. The molecule has 1 aromatic carbocycles. The van der Waals surface area contributed by atoms with Crippen molar-refractivity contribution in [3.8, 4) is 0 Å². The lowest BCUT2D eigenvalue weighted by atomic mass is 10.2. The highest BCUT2D eigenvalue weighted by atomic mass is 79.9. The summed E-state index contributed by atoms with van der Waals surface area (Å²) in [7, 11) is 0. The quantitative estimate of drug-likeness (QED) is 0.759. The van der Waals surface area contributed by atoms with E-state index in [9.17, 15) is 9.59 Å². The molecule has 0 radical (unpaired) electrons. The zero-order valence-electron chi connectivity index (χ0n) is 11.5. The SMILES string of the molecule is CC(C)CN(CC(=O)O)C(=O)CSc1ccc(Br)cc1. The predicted molar refractivity (Wildman–Crippen MR) is 83.9 cm³/mol. The van der Waals surface area contributed by atoms with Crippen LogP contribution < -0.4 is 0 Å². The topological polar surface area (TPSA) is 57.6 Å². The molecule has 0 aromatic heterocycles. The number of benzene rings is 1. The van der Waals surface area contributed by atoms with E-state index in [2.05, 4.69) is 15.9 Å². The van der Waals surface area contributed by atoms with Crippen LogP contribution in [-0.2, 0) is 9.59 Å². The first kappa shape index (κ1) is 17.0. The lowest BCUT2D eigenvalue weighted by Crippen LogP contribution is -2.39. The van der Waals surface area contributed by atoms with Gasteiger partial charge in [0.25, 0.3) is 0 Å². The molecular formula is C14H18BrNO3S. The Bertz CT molecular complexity index is 462. The van der Waals surface area contributed by atoms with Crippen LogP contribution in [0.15, 0.2) is 33.6 Å². The highest BCUT2D eigenvalue weighted by molar-refractivity contribution is 9.10. The third-order valence-electron chi connectivity index (χ3n) is 2.44. The minimum absolute atomic E-state index is 0.144. The maximum Gasteiger partial charge on any atom is 0.323 e. The van der Waals surface area contributed by atoms with E-state index >= 15 is 0 Å². The lowest BCUT2D eigenvalue weighted by molar-refractivity contribution is -0.143. The van der Waals surface area contributed by atoms with E-state index in [0.717, 1.165) is 9.37 Å². The molecule has 0 spiro atoms. The first-order valence-electron chi connectivity index (χ1n) is 6.26. The molecule has 0 saturated heterocycles. The molecule has 1 aromatic rings. The van der Waals surface area contributed by atoms with Crippen LogP contribution in [0, 0.1) is 5.92 Å². The summed E-state index contributed by atoms with van der Waals surface area (Å²) >= 11 is 4.77. The Morgan fingerprint density at radius 2 is 1.90 bits per heavy atom. The Hall–Kier alpha value is -1.01. The number of halogens is 1. The van der Waals surface area contributed by atoms with Gasteiger partial charge in [0.1, 0.15) is 6.54 Å². The molecule has 0 unspecified atom stereocenters. The molecule has 4 nitrogen and oxygen atoms in total. The molecule has 0 saturated carbocycles. The number of hydrogen-bond donors (Lipinski definition) is 1. The van der Waals surface area contributed by atoms with Gasteiger partial charge in [-0.1, -0.05) is 29.8 Å². The van der Waals surface area contributed by atoms with E-state index in [1.54, 1.807) is 0 Å². The van der Waals surface area contributed by atoms with Crippen molar-refractivity contribution in [3.63, 3.8) is 0 Å². The first-order chi connectivity index (χ1) is 9.38. The minimum atomic E-state index is -0.979. The van der Waals surface area contributed by atoms with E-state index in [-0.39, 0.29) is 24.1 Å². The molecule has 1 rings (SSSR count). The minimum Gasteiger partial charge on any atom is -0.480 e. The van der Waals surface area contributed by atoms with E-state index in [0.29, 0.717) is 6.54 Å². The first-order valence-corrected chi connectivity index (χ1v) is 8.04. The number of nitrogens with zero attached hydrogens (tertiary/aromatic N) is 1. The van der Waals surface area contributed by atoms with E-state index < -0.39 is 5.97 Å². The van der Waals surface area contributed by atoms with E-state index in [1.807, 2.05) is 38.1 Å². The average molecular weight is 360 g/mol. The smallest absolute Gasteiger partial charge is 0.323 e. The summed E-state index contributed by atoms with van der Waals surface area (Å²) < 4.78 is 0.987. The van der Waals surface area contributed by atoms with Gasteiger partial charge in [-0.25, -0.2) is 0 Å². The molecule has 110 valence electrons. The van der Waals surface area contributed by atoms with Gasteiger partial charge in [-0.3, -0.25) is 9.59 Å². The second-order valence-electron chi connectivity index (χ2n) is 4.80. The maximum atomic E-state index is 12.1. The van der Waals surface area contributed by atoms with Crippen molar-refractivity contribution in [2.45, 2.75) is 18.7 Å². The Labute approximate surface area is 131 Å². The van der Waals surface area contributed by atoms with Crippen molar-refractivity contribution < 1.29 is 14.7 Å². The predicted octanol–water partition coefficient (Wildman–Crippen LogP) is 3.11. The summed E-state index contributed by atoms with van der Waals surface area (Å²) in [6.45, 7) is 4.15. The van der Waals surface area contributed by atoms with Gasteiger partial charge in [-0.2, -0.15) is 0 Å². The van der Waals surface area contributed by atoms with Crippen molar-refractivity contribution in [3.05, 3.63) is 28.7 Å². The second-order valence-corrected chi connectivity index (χ2v) is 6.77. The number of hydrogen-bond acceptors (Lipinski definition) is 3. The molecule has 20 heavy (non-hydrogen) atoms. The average Bonchev–Trinajstić information content (AvgIpc) is 2.36. The molecule has 0 atom stereocenters. The molecule has 0 fully saturated rings. The third-order valence-corrected chi connectivity index (χ3v) is 3.97. The second kappa shape index (κ2) is 8.32. The zero-order valence-corrected chi connectivity index (χ0v) is 13.9. The van der Waals surface area contributed by atoms with Gasteiger partial charge in [-0.05, 0) is 30.2 Å². The molecular weight excluding hydrogens is 342 g/mol. The summed E-state index contributed by atoms with van der Waals surface area (Å²) in [6.07, 6.45) is 0. The number of aliphatic carboxylic acids is 1. The summed E-state index contributed by atoms with van der Waals surface area (Å²) in [6, 6.07) is 7.67. The molecule has 0 heterocycles. The summed E-state index contributed by atoms with van der Waals surface area (Å²) in [4.78, 5) is 25.3. The van der Waals surface area contributed by atoms with Crippen molar-refractivity contribution >= 4 is 39.6 Å². The summed E-state index contributed by atoms with van der Waals surface area (Å²) in [5.41, 5.74) is 0. The van der Waals surface area contributed by atoms with Gasteiger partial charge in [-0.15, -0.1) is 11.8 Å². The third kappa shape index (κ3) is 6.43. The van der Waals surface area contributed by atoms with Gasteiger partial charge >= 0.3 is 5.97 Å². The molecule has 0 aliphatic carbocycles. The monoisotopic (exact) mass is 359 g/mol. The van der Waals surface area contributed by atoms with E-state index in [4.69, 9.17) is 5.11 Å². The number of thioether (sulfide) groups is 1.